The smallest absolute Gasteiger partial charge is 0.242 e. The van der Waals surface area contributed by atoms with Crippen LogP contribution in [0.15, 0.2) is 0 Å². The fourth-order valence-corrected chi connectivity index (χ4v) is 4.31. The van der Waals surface area contributed by atoms with E-state index < -0.39 is 0 Å². The summed E-state index contributed by atoms with van der Waals surface area (Å²) in [6.07, 6.45) is 2.13. The monoisotopic (exact) mass is 323 g/mol. The Morgan fingerprint density at radius 3 is 2.95 bits per heavy atom. The van der Waals surface area contributed by atoms with Gasteiger partial charge in [-0.2, -0.15) is 0 Å². The second-order valence-electron chi connectivity index (χ2n) is 6.32. The molecule has 2 fully saturated rings. The molecule has 1 N–H and O–H groups in total. The van der Waals surface area contributed by atoms with Gasteiger partial charge in [0.1, 0.15) is 6.04 Å². The number of rotatable bonds is 2. The van der Waals surface area contributed by atoms with E-state index in [0.29, 0.717) is 12.5 Å². The van der Waals surface area contributed by atoms with Crippen LogP contribution in [0.2, 0.25) is 0 Å². The Balaban J connectivity index is 1.68. The second-order valence-corrected chi connectivity index (χ2v) is 7.56. The molecule has 1 amide bonds. The van der Waals surface area contributed by atoms with Gasteiger partial charge < -0.3 is 15.0 Å². The highest BCUT2D eigenvalue weighted by atomic mass is 32.1. The lowest BCUT2D eigenvalue weighted by atomic mass is 9.97. The molecule has 5 nitrogen and oxygen atoms in total. The van der Waals surface area contributed by atoms with Crippen molar-refractivity contribution in [1.82, 2.24) is 15.2 Å². The Bertz CT molecular complexity index is 526. The van der Waals surface area contributed by atoms with E-state index in [1.807, 2.05) is 11.8 Å². The number of amides is 1. The predicted octanol–water partition coefficient (Wildman–Crippen LogP) is 1.84. The number of carbonyl (C=O) groups is 1. The summed E-state index contributed by atoms with van der Waals surface area (Å²) < 4.78 is 5.61. The van der Waals surface area contributed by atoms with Gasteiger partial charge in [0, 0.05) is 30.4 Å². The third kappa shape index (κ3) is 3.19. The van der Waals surface area contributed by atoms with Crippen molar-refractivity contribution >= 4 is 17.2 Å². The Morgan fingerprint density at radius 2 is 2.27 bits per heavy atom. The van der Waals surface area contributed by atoms with E-state index in [1.165, 1.54) is 9.88 Å². The molecule has 1 unspecified atom stereocenters. The SMILES string of the molecule is Cc1nc(C2CCCN(C(=O)[C@H]3NCCO[C@@H]3C)C2)sc1C. The van der Waals surface area contributed by atoms with Gasteiger partial charge in [0.05, 0.1) is 23.4 Å². The maximum Gasteiger partial charge on any atom is 0.242 e. The standard InChI is InChI=1S/C16H25N3O2S/c1-10-12(3)22-15(18-10)13-5-4-7-19(9-13)16(20)14-11(2)21-8-6-17-14/h11,13-14,17H,4-9H2,1-3H3/t11-,13?,14+/m1/s1. The van der Waals surface area contributed by atoms with Crippen LogP contribution in [0, 0.1) is 13.8 Å². The molecule has 0 spiro atoms. The number of ether oxygens (including phenoxy) is 1. The molecule has 1 aromatic rings. The quantitative estimate of drug-likeness (QED) is 0.902. The fraction of sp³-hybridized carbons (Fsp3) is 0.750. The van der Waals surface area contributed by atoms with Gasteiger partial charge in [-0.25, -0.2) is 4.98 Å². The van der Waals surface area contributed by atoms with Gasteiger partial charge in [0.2, 0.25) is 5.91 Å². The van der Waals surface area contributed by atoms with Crippen molar-refractivity contribution < 1.29 is 9.53 Å². The lowest BCUT2D eigenvalue weighted by Gasteiger charge is -2.37. The highest BCUT2D eigenvalue weighted by molar-refractivity contribution is 7.11. The first-order valence-corrected chi connectivity index (χ1v) is 8.95. The summed E-state index contributed by atoms with van der Waals surface area (Å²) in [5.74, 6) is 0.566. The molecule has 0 bridgehead atoms. The maximum absolute atomic E-state index is 12.8. The maximum atomic E-state index is 12.8. The first-order chi connectivity index (χ1) is 10.6. The van der Waals surface area contributed by atoms with E-state index in [4.69, 9.17) is 9.72 Å². The van der Waals surface area contributed by atoms with Gasteiger partial charge in [0.15, 0.2) is 0 Å². The third-order valence-corrected chi connectivity index (χ3v) is 5.95. The first kappa shape index (κ1) is 15.9. The normalized spacial score (nSPS) is 29.6. The van der Waals surface area contributed by atoms with Crippen LogP contribution in [0.3, 0.4) is 0 Å². The molecule has 3 heterocycles. The lowest BCUT2D eigenvalue weighted by Crippen LogP contribution is -2.57. The lowest BCUT2D eigenvalue weighted by molar-refractivity contribution is -0.140. The topological polar surface area (TPSA) is 54.5 Å². The van der Waals surface area contributed by atoms with E-state index in [1.54, 1.807) is 11.3 Å². The van der Waals surface area contributed by atoms with Crippen LogP contribution in [-0.4, -0.2) is 54.2 Å². The average Bonchev–Trinajstić information content (AvgIpc) is 2.87. The van der Waals surface area contributed by atoms with Crippen LogP contribution >= 0.6 is 11.3 Å². The number of aryl methyl sites for hydroxylation is 2. The number of hydrogen-bond donors (Lipinski definition) is 1. The summed E-state index contributed by atoms with van der Waals surface area (Å²) in [4.78, 5) is 20.8. The molecule has 3 rings (SSSR count). The van der Waals surface area contributed by atoms with Gasteiger partial charge in [-0.1, -0.05) is 0 Å². The molecule has 2 aliphatic heterocycles. The van der Waals surface area contributed by atoms with Crippen LogP contribution in [0.1, 0.15) is 41.3 Å². The van der Waals surface area contributed by atoms with Crippen LogP contribution in [-0.2, 0) is 9.53 Å². The molecule has 22 heavy (non-hydrogen) atoms. The Morgan fingerprint density at radius 1 is 1.45 bits per heavy atom. The van der Waals surface area contributed by atoms with Crippen molar-refractivity contribution in [2.75, 3.05) is 26.2 Å². The van der Waals surface area contributed by atoms with Gasteiger partial charge in [0.25, 0.3) is 0 Å². The Labute approximate surface area is 136 Å². The number of aromatic nitrogens is 1. The molecule has 2 saturated heterocycles. The molecular formula is C16H25N3O2S. The van der Waals surface area contributed by atoms with Crippen LogP contribution < -0.4 is 5.32 Å². The van der Waals surface area contributed by atoms with Crippen molar-refractivity contribution in [3.05, 3.63) is 15.6 Å². The van der Waals surface area contributed by atoms with Crippen molar-refractivity contribution in [2.24, 2.45) is 0 Å². The number of nitrogens with zero attached hydrogens (tertiary/aromatic N) is 2. The minimum absolute atomic E-state index is 0.0500. The van der Waals surface area contributed by atoms with Gasteiger partial charge >= 0.3 is 0 Å². The highest BCUT2D eigenvalue weighted by Crippen LogP contribution is 2.31. The molecule has 6 heteroatoms. The van der Waals surface area contributed by atoms with Gasteiger partial charge in [-0.3, -0.25) is 4.79 Å². The summed E-state index contributed by atoms with van der Waals surface area (Å²) >= 11 is 1.78. The number of likely N-dealkylation sites (tertiary alicyclic amines) is 1. The molecular weight excluding hydrogens is 298 g/mol. The summed E-state index contributed by atoms with van der Waals surface area (Å²) in [6.45, 7) is 9.23. The molecule has 0 saturated carbocycles. The van der Waals surface area contributed by atoms with Crippen LogP contribution in [0.25, 0.3) is 0 Å². The van der Waals surface area contributed by atoms with E-state index >= 15 is 0 Å². The zero-order chi connectivity index (χ0) is 15.7. The van der Waals surface area contributed by atoms with Crippen molar-refractivity contribution in [1.29, 1.82) is 0 Å². The van der Waals surface area contributed by atoms with Crippen molar-refractivity contribution in [2.45, 2.75) is 51.7 Å². The van der Waals surface area contributed by atoms with Crippen molar-refractivity contribution in [3.8, 4) is 0 Å². The highest BCUT2D eigenvalue weighted by Gasteiger charge is 2.34. The minimum Gasteiger partial charge on any atom is -0.375 e. The predicted molar refractivity (Wildman–Crippen MR) is 87.3 cm³/mol. The van der Waals surface area contributed by atoms with E-state index in [9.17, 15) is 4.79 Å². The van der Waals surface area contributed by atoms with Crippen LogP contribution in [0.4, 0.5) is 0 Å². The van der Waals surface area contributed by atoms with Crippen molar-refractivity contribution in [3.63, 3.8) is 0 Å². The zero-order valence-electron chi connectivity index (χ0n) is 13.6. The molecule has 122 valence electrons. The second kappa shape index (κ2) is 6.64. The molecule has 3 atom stereocenters. The minimum atomic E-state index is -0.202. The molecule has 0 radical (unpaired) electrons. The first-order valence-electron chi connectivity index (χ1n) is 8.14. The Kier molecular flexibility index (Phi) is 4.80. The zero-order valence-corrected chi connectivity index (χ0v) is 14.4. The van der Waals surface area contributed by atoms with E-state index in [-0.39, 0.29) is 18.1 Å². The summed E-state index contributed by atoms with van der Waals surface area (Å²) in [6, 6.07) is -0.202. The molecule has 0 aromatic carbocycles. The number of morpholine rings is 1. The van der Waals surface area contributed by atoms with Gasteiger partial charge in [-0.05, 0) is 33.6 Å². The average molecular weight is 323 g/mol. The number of thiazole rings is 1. The Hall–Kier alpha value is -0.980. The third-order valence-electron chi connectivity index (χ3n) is 4.71. The van der Waals surface area contributed by atoms with Crippen LogP contribution in [0.5, 0.6) is 0 Å². The van der Waals surface area contributed by atoms with Gasteiger partial charge in [-0.15, -0.1) is 11.3 Å². The summed E-state index contributed by atoms with van der Waals surface area (Å²) in [5.41, 5.74) is 1.12. The molecule has 0 aliphatic carbocycles. The number of carbonyl (C=O) groups excluding carboxylic acids is 1. The molecule has 2 aliphatic rings. The molecule has 1 aromatic heterocycles. The summed E-state index contributed by atoms with van der Waals surface area (Å²) in [5, 5.41) is 4.49. The fourth-order valence-electron chi connectivity index (χ4n) is 3.26. The number of hydrogen-bond acceptors (Lipinski definition) is 5. The number of piperidine rings is 1. The van der Waals surface area contributed by atoms with E-state index in [2.05, 4.69) is 19.2 Å². The summed E-state index contributed by atoms with van der Waals surface area (Å²) in [7, 11) is 0. The number of nitrogens with one attached hydrogen (secondary N) is 1. The van der Waals surface area contributed by atoms with E-state index in [0.717, 1.165) is 38.2 Å². The largest absolute Gasteiger partial charge is 0.375 e.